The van der Waals surface area contributed by atoms with Crippen LogP contribution in [0.3, 0.4) is 0 Å². The lowest BCUT2D eigenvalue weighted by Crippen LogP contribution is -2.12. The van der Waals surface area contributed by atoms with Crippen LogP contribution in [-0.2, 0) is 28.0 Å². The molecule has 3 aromatic rings. The summed E-state index contributed by atoms with van der Waals surface area (Å²) >= 11 is 3.40. The van der Waals surface area contributed by atoms with Crippen molar-refractivity contribution in [3.8, 4) is 0 Å². The number of halogens is 1. The van der Waals surface area contributed by atoms with Gasteiger partial charge in [-0.05, 0) is 29.3 Å². The molecule has 0 amide bonds. The molecule has 0 spiro atoms. The quantitative estimate of drug-likeness (QED) is 0.371. The van der Waals surface area contributed by atoms with Gasteiger partial charge in [0.1, 0.15) is 13.2 Å². The predicted octanol–water partition coefficient (Wildman–Crippen LogP) is 5.30. The highest BCUT2D eigenvalue weighted by Crippen LogP contribution is 2.18. The Labute approximate surface area is 172 Å². The molecule has 0 radical (unpaired) electrons. The van der Waals surface area contributed by atoms with Crippen LogP contribution in [0.5, 0.6) is 0 Å². The molecule has 0 unspecified atom stereocenters. The molecule has 0 saturated heterocycles. The molecule has 0 aromatic heterocycles. The molecule has 3 aromatic carbocycles. The van der Waals surface area contributed by atoms with E-state index in [1.165, 1.54) is 0 Å². The lowest BCUT2D eigenvalue weighted by Gasteiger charge is -2.12. The number of carbonyl (C=O) groups excluding carboxylic acids is 2. The SMILES string of the molecule is O=C(OCc1ccc(CBr)cc1C(=O)OCc1ccccc1)c1ccccc1. The first-order valence-electron chi connectivity index (χ1n) is 8.78. The first-order valence-corrected chi connectivity index (χ1v) is 9.90. The first kappa shape index (κ1) is 19.8. The van der Waals surface area contributed by atoms with Gasteiger partial charge >= 0.3 is 11.9 Å². The number of carbonyl (C=O) groups is 2. The average molecular weight is 439 g/mol. The fraction of sp³-hybridized carbons (Fsp3) is 0.130. The minimum Gasteiger partial charge on any atom is -0.457 e. The van der Waals surface area contributed by atoms with E-state index < -0.39 is 11.9 Å². The van der Waals surface area contributed by atoms with Gasteiger partial charge in [-0.1, -0.05) is 76.6 Å². The molecular formula is C23H19BrO4. The van der Waals surface area contributed by atoms with Crippen LogP contribution in [0.15, 0.2) is 78.9 Å². The van der Waals surface area contributed by atoms with E-state index in [4.69, 9.17) is 9.47 Å². The van der Waals surface area contributed by atoms with Gasteiger partial charge in [-0.25, -0.2) is 9.59 Å². The number of hydrogen-bond donors (Lipinski definition) is 0. The molecule has 0 aliphatic carbocycles. The molecule has 0 heterocycles. The summed E-state index contributed by atoms with van der Waals surface area (Å²) in [6, 6.07) is 23.6. The van der Waals surface area contributed by atoms with Crippen LogP contribution in [0.4, 0.5) is 0 Å². The minimum absolute atomic E-state index is 0.00787. The van der Waals surface area contributed by atoms with Gasteiger partial charge in [0.2, 0.25) is 0 Å². The molecule has 28 heavy (non-hydrogen) atoms. The van der Waals surface area contributed by atoms with E-state index in [0.29, 0.717) is 22.0 Å². The number of esters is 2. The number of ether oxygens (including phenoxy) is 2. The zero-order valence-electron chi connectivity index (χ0n) is 15.1. The highest BCUT2D eigenvalue weighted by molar-refractivity contribution is 9.08. The van der Waals surface area contributed by atoms with Crippen LogP contribution in [0, 0.1) is 0 Å². The summed E-state index contributed by atoms with van der Waals surface area (Å²) in [7, 11) is 0. The van der Waals surface area contributed by atoms with Crippen molar-refractivity contribution in [1.82, 2.24) is 0 Å². The molecule has 0 bridgehead atoms. The summed E-state index contributed by atoms with van der Waals surface area (Å²) in [6.45, 7) is 0.174. The summed E-state index contributed by atoms with van der Waals surface area (Å²) in [6.07, 6.45) is 0. The van der Waals surface area contributed by atoms with Gasteiger partial charge in [-0.3, -0.25) is 0 Å². The van der Waals surface area contributed by atoms with Crippen LogP contribution in [-0.4, -0.2) is 11.9 Å². The van der Waals surface area contributed by atoms with Crippen LogP contribution in [0.1, 0.15) is 37.4 Å². The van der Waals surface area contributed by atoms with E-state index in [-0.39, 0.29) is 13.2 Å². The van der Waals surface area contributed by atoms with E-state index in [0.717, 1.165) is 11.1 Å². The van der Waals surface area contributed by atoms with Crippen molar-refractivity contribution in [3.05, 3.63) is 107 Å². The van der Waals surface area contributed by atoms with Crippen molar-refractivity contribution < 1.29 is 19.1 Å². The Morgan fingerprint density at radius 2 is 1.36 bits per heavy atom. The van der Waals surface area contributed by atoms with Crippen LogP contribution < -0.4 is 0 Å². The molecule has 3 rings (SSSR count). The normalized spacial score (nSPS) is 10.3. The second-order valence-corrected chi connectivity index (χ2v) is 6.69. The Hall–Kier alpha value is -2.92. The topological polar surface area (TPSA) is 52.6 Å². The van der Waals surface area contributed by atoms with Gasteiger partial charge in [-0.2, -0.15) is 0 Å². The highest BCUT2D eigenvalue weighted by atomic mass is 79.9. The van der Waals surface area contributed by atoms with Gasteiger partial charge in [0, 0.05) is 10.9 Å². The highest BCUT2D eigenvalue weighted by Gasteiger charge is 2.16. The van der Waals surface area contributed by atoms with E-state index in [1.807, 2.05) is 42.5 Å². The molecule has 4 nitrogen and oxygen atoms in total. The zero-order valence-corrected chi connectivity index (χ0v) is 16.7. The summed E-state index contributed by atoms with van der Waals surface area (Å²) in [5.41, 5.74) is 3.31. The van der Waals surface area contributed by atoms with Gasteiger partial charge in [0.25, 0.3) is 0 Å². The monoisotopic (exact) mass is 438 g/mol. The Morgan fingerprint density at radius 1 is 0.714 bits per heavy atom. The van der Waals surface area contributed by atoms with Crippen molar-refractivity contribution in [3.63, 3.8) is 0 Å². The number of benzene rings is 3. The Bertz CT molecular complexity index is 939. The third-order valence-electron chi connectivity index (χ3n) is 4.13. The van der Waals surface area contributed by atoms with Crippen LogP contribution in [0.2, 0.25) is 0 Å². The lowest BCUT2D eigenvalue weighted by atomic mass is 10.0. The smallest absolute Gasteiger partial charge is 0.338 e. The maximum Gasteiger partial charge on any atom is 0.338 e. The van der Waals surface area contributed by atoms with Crippen molar-refractivity contribution in [2.45, 2.75) is 18.5 Å². The summed E-state index contributed by atoms with van der Waals surface area (Å²) in [4.78, 5) is 24.8. The fourth-order valence-electron chi connectivity index (χ4n) is 2.62. The van der Waals surface area contributed by atoms with Crippen molar-refractivity contribution >= 4 is 27.9 Å². The Balaban J connectivity index is 1.72. The molecule has 0 N–H and O–H groups in total. The van der Waals surface area contributed by atoms with Crippen LogP contribution in [0.25, 0.3) is 0 Å². The minimum atomic E-state index is -0.447. The predicted molar refractivity (Wildman–Crippen MR) is 110 cm³/mol. The molecule has 0 aliphatic heterocycles. The van der Waals surface area contributed by atoms with E-state index >= 15 is 0 Å². The second-order valence-electron chi connectivity index (χ2n) is 6.13. The summed E-state index contributed by atoms with van der Waals surface area (Å²) < 4.78 is 10.8. The number of rotatable bonds is 7. The Kier molecular flexibility index (Phi) is 6.98. The molecule has 0 aliphatic rings. The first-order chi connectivity index (χ1) is 13.7. The maximum atomic E-state index is 12.6. The number of alkyl halides is 1. The molecule has 142 valence electrons. The van der Waals surface area contributed by atoms with Gasteiger partial charge in [-0.15, -0.1) is 0 Å². The lowest BCUT2D eigenvalue weighted by molar-refractivity contribution is 0.0430. The van der Waals surface area contributed by atoms with Crippen molar-refractivity contribution in [1.29, 1.82) is 0 Å². The standard InChI is InChI=1S/C23H19BrO4/c24-14-18-11-12-20(16-28-22(25)19-9-5-2-6-10-19)21(13-18)23(26)27-15-17-7-3-1-4-8-17/h1-13H,14-16H2. The van der Waals surface area contributed by atoms with Crippen molar-refractivity contribution in [2.75, 3.05) is 0 Å². The molecule has 5 heteroatoms. The van der Waals surface area contributed by atoms with Gasteiger partial charge < -0.3 is 9.47 Å². The fourth-order valence-corrected chi connectivity index (χ4v) is 2.97. The summed E-state index contributed by atoms with van der Waals surface area (Å²) in [5, 5.41) is 0.607. The third-order valence-corrected chi connectivity index (χ3v) is 4.78. The maximum absolute atomic E-state index is 12.6. The molecule has 0 atom stereocenters. The molecule has 0 fully saturated rings. The van der Waals surface area contributed by atoms with E-state index in [2.05, 4.69) is 15.9 Å². The summed E-state index contributed by atoms with van der Waals surface area (Å²) in [5.74, 6) is -0.883. The average Bonchev–Trinajstić information content (AvgIpc) is 2.77. The van der Waals surface area contributed by atoms with Gasteiger partial charge in [0.05, 0.1) is 11.1 Å². The largest absolute Gasteiger partial charge is 0.457 e. The van der Waals surface area contributed by atoms with Crippen LogP contribution >= 0.6 is 15.9 Å². The third kappa shape index (κ3) is 5.30. The number of hydrogen-bond acceptors (Lipinski definition) is 4. The van der Waals surface area contributed by atoms with E-state index in [9.17, 15) is 9.59 Å². The van der Waals surface area contributed by atoms with Gasteiger partial charge in [0.15, 0.2) is 0 Å². The van der Waals surface area contributed by atoms with Crippen molar-refractivity contribution in [2.24, 2.45) is 0 Å². The molecular weight excluding hydrogens is 420 g/mol. The molecule has 0 saturated carbocycles. The Morgan fingerprint density at radius 3 is 2.04 bits per heavy atom. The zero-order chi connectivity index (χ0) is 19.8. The second kappa shape index (κ2) is 9.85. The van der Waals surface area contributed by atoms with E-state index in [1.54, 1.807) is 36.4 Å².